The normalized spacial score (nSPS) is 11.9. The second kappa shape index (κ2) is 30.5. The molecule has 0 saturated heterocycles. The van der Waals surface area contributed by atoms with E-state index in [-0.39, 0.29) is 0 Å². The molecule has 0 bridgehead atoms. The summed E-state index contributed by atoms with van der Waals surface area (Å²) in [6.07, 6.45) is 2.99. The Hall–Kier alpha value is -14.2. The quantitative estimate of drug-likeness (QED) is 0.142. The molecule has 0 saturated carbocycles. The maximum Gasteiger partial charge on any atom is 0.488 e. The summed E-state index contributed by atoms with van der Waals surface area (Å²) in [5.74, 6) is 0. The van der Waals surface area contributed by atoms with Crippen molar-refractivity contribution in [2.24, 2.45) is 0 Å². The first-order valence-corrected chi connectivity index (χ1v) is 41.3. The summed E-state index contributed by atoms with van der Waals surface area (Å²) in [5.41, 5.74) is 40.0. The van der Waals surface area contributed by atoms with Gasteiger partial charge < -0.3 is 23.7 Å². The van der Waals surface area contributed by atoms with Gasteiger partial charge in [0, 0.05) is 53.9 Å². The standard InChI is InChI=1S/2C37H25N.C24H16BrN.C13H11BO2/c2*1-2-8-25(9-3-1)26-16-19-31(20-17-26)38-36-13-7-6-12-33(36)34-21-18-28(24-37(34)38)27-14-15-30-22-29-10-4-5-11-32(29)35(30)23-27;25-19-12-15-22-21-8-4-5-9-23(21)26(24(22)16-19)20-13-10-18(11-14-20)17-6-2-1-3-7-17;15-14(16)11-6-5-10-7-9-3-1-2-4-12(9)13(10)8-11/h2*1-21,23-24H,22H2;1-16H;1-6,8,15-16H,7H2. The van der Waals surface area contributed by atoms with Crippen LogP contribution in [-0.4, -0.2) is 30.9 Å². The van der Waals surface area contributed by atoms with Crippen molar-refractivity contribution < 1.29 is 10.0 Å². The molecular weight excluding hydrogens is 1500 g/mol. The molecule has 0 aliphatic heterocycles. The number of benzene rings is 18. The van der Waals surface area contributed by atoms with Gasteiger partial charge in [0.05, 0.1) is 33.1 Å². The maximum absolute atomic E-state index is 9.16. The van der Waals surface area contributed by atoms with Crippen molar-refractivity contribution in [1.29, 1.82) is 0 Å². The SMILES string of the molecule is Brc1ccc2c3ccccc3n(-c3ccc(-c4ccccc4)cc3)c2c1.OB(O)c1ccc2c(c1)-c1ccccc1C2.c1ccc(-c2ccc(-n3c4ccccc4c4ccc(-c5ccc6c(c5)-c5ccccc5C6)cc43)cc2)cc1.c1ccc(-c2ccc(-n3c4ccccc4c4ccc(-c5ccc6c(c5)-c5ccccc5C6)cc43)cc2)cc1. The lowest BCUT2D eigenvalue weighted by molar-refractivity contribution is 0.426. The van der Waals surface area contributed by atoms with E-state index in [1.807, 2.05) is 30.3 Å². The Kier molecular flexibility index (Phi) is 18.5. The maximum atomic E-state index is 9.16. The number of halogens is 1. The molecule has 18 aromatic carbocycles. The van der Waals surface area contributed by atoms with Gasteiger partial charge in [-0.3, -0.25) is 0 Å². The highest BCUT2D eigenvalue weighted by atomic mass is 79.9. The molecule has 0 amide bonds. The number of hydrogen-bond acceptors (Lipinski definition) is 2. The largest absolute Gasteiger partial charge is 0.488 e. The molecular formula is C111H77BBrN3O2. The van der Waals surface area contributed by atoms with Gasteiger partial charge in [0.15, 0.2) is 0 Å². The van der Waals surface area contributed by atoms with Gasteiger partial charge >= 0.3 is 7.12 Å². The minimum Gasteiger partial charge on any atom is -0.423 e. The number of fused-ring (bicyclic) bond motifs is 18. The van der Waals surface area contributed by atoms with E-state index in [4.69, 9.17) is 10.0 Å². The van der Waals surface area contributed by atoms with Crippen LogP contribution in [0.3, 0.4) is 0 Å². The van der Waals surface area contributed by atoms with Crippen LogP contribution in [0.5, 0.6) is 0 Å². The highest BCUT2D eigenvalue weighted by Gasteiger charge is 2.25. The van der Waals surface area contributed by atoms with Crippen LogP contribution in [0.4, 0.5) is 0 Å². The van der Waals surface area contributed by atoms with E-state index in [1.54, 1.807) is 6.07 Å². The fourth-order valence-electron chi connectivity index (χ4n) is 18.3. The van der Waals surface area contributed by atoms with Gasteiger partial charge in [-0.2, -0.15) is 0 Å². The van der Waals surface area contributed by atoms with Crippen molar-refractivity contribution in [1.82, 2.24) is 13.7 Å². The molecule has 0 spiro atoms. The predicted molar refractivity (Wildman–Crippen MR) is 498 cm³/mol. The van der Waals surface area contributed by atoms with Crippen molar-refractivity contribution in [3.05, 3.63) is 456 Å². The van der Waals surface area contributed by atoms with Crippen LogP contribution in [0.2, 0.25) is 0 Å². The summed E-state index contributed by atoms with van der Waals surface area (Å²) in [6, 6.07) is 150. The zero-order valence-electron chi connectivity index (χ0n) is 64.6. The van der Waals surface area contributed by atoms with Gasteiger partial charge in [-0.15, -0.1) is 0 Å². The molecule has 3 aromatic heterocycles. The number of hydrogen-bond donors (Lipinski definition) is 2. The van der Waals surface area contributed by atoms with Gasteiger partial charge in [0.25, 0.3) is 0 Å². The van der Waals surface area contributed by atoms with Crippen LogP contribution in [0, 0.1) is 0 Å². The molecule has 0 fully saturated rings. The van der Waals surface area contributed by atoms with Crippen LogP contribution in [0.1, 0.15) is 33.4 Å². The molecule has 3 heterocycles. The first-order valence-electron chi connectivity index (χ1n) is 40.5. The zero-order chi connectivity index (χ0) is 78.7. The van der Waals surface area contributed by atoms with Gasteiger partial charge in [0.2, 0.25) is 0 Å². The molecule has 0 unspecified atom stereocenters. The second-order valence-corrected chi connectivity index (χ2v) is 31.9. The average Bonchev–Trinajstić information content (AvgIpc) is 1.59. The molecule has 24 rings (SSSR count). The van der Waals surface area contributed by atoms with E-state index >= 15 is 0 Å². The third-order valence-corrected chi connectivity index (χ3v) is 24.6. The molecule has 0 radical (unpaired) electrons. The van der Waals surface area contributed by atoms with Crippen molar-refractivity contribution in [3.8, 4) is 106 Å². The Bertz CT molecular complexity index is 7120. The van der Waals surface area contributed by atoms with Crippen LogP contribution in [0.15, 0.2) is 423 Å². The van der Waals surface area contributed by atoms with E-state index < -0.39 is 7.12 Å². The first kappa shape index (κ1) is 71.6. The van der Waals surface area contributed by atoms with E-state index in [1.165, 1.54) is 199 Å². The fourth-order valence-corrected chi connectivity index (χ4v) is 18.6. The molecule has 21 aromatic rings. The van der Waals surface area contributed by atoms with Gasteiger partial charge in [-0.05, 0) is 238 Å². The van der Waals surface area contributed by atoms with Crippen LogP contribution >= 0.6 is 15.9 Å². The van der Waals surface area contributed by atoms with Crippen molar-refractivity contribution in [2.75, 3.05) is 0 Å². The Morgan fingerprint density at radius 3 is 0.831 bits per heavy atom. The molecule has 3 aliphatic rings. The van der Waals surface area contributed by atoms with Gasteiger partial charge in [-0.25, -0.2) is 0 Å². The Morgan fingerprint density at radius 2 is 0.458 bits per heavy atom. The lowest BCUT2D eigenvalue weighted by Gasteiger charge is -2.11. The van der Waals surface area contributed by atoms with E-state index in [9.17, 15) is 0 Å². The van der Waals surface area contributed by atoms with Crippen LogP contribution < -0.4 is 5.46 Å². The lowest BCUT2D eigenvalue weighted by atomic mass is 9.79. The van der Waals surface area contributed by atoms with Crippen molar-refractivity contribution in [3.63, 3.8) is 0 Å². The summed E-state index contributed by atoms with van der Waals surface area (Å²) in [7, 11) is -1.39. The zero-order valence-corrected chi connectivity index (χ0v) is 66.2. The Balaban J connectivity index is 0.000000102. The van der Waals surface area contributed by atoms with Crippen molar-refractivity contribution in [2.45, 2.75) is 19.3 Å². The molecule has 118 heavy (non-hydrogen) atoms. The van der Waals surface area contributed by atoms with Gasteiger partial charge in [0.1, 0.15) is 0 Å². The van der Waals surface area contributed by atoms with E-state index in [0.29, 0.717) is 5.46 Å². The summed E-state index contributed by atoms with van der Waals surface area (Å²) in [5, 5.41) is 26.0. The molecule has 5 nitrogen and oxygen atoms in total. The number of rotatable bonds is 9. The fraction of sp³-hybridized carbons (Fsp3) is 0.0270. The number of para-hydroxylation sites is 3. The topological polar surface area (TPSA) is 55.2 Å². The number of aromatic nitrogens is 3. The highest BCUT2D eigenvalue weighted by molar-refractivity contribution is 9.10. The number of nitrogens with zero attached hydrogens (tertiary/aromatic N) is 3. The molecule has 0 atom stereocenters. The minimum absolute atomic E-state index is 0.551. The monoisotopic (exact) mass is 1570 g/mol. The lowest BCUT2D eigenvalue weighted by Crippen LogP contribution is -2.29. The van der Waals surface area contributed by atoms with Crippen LogP contribution in [0.25, 0.3) is 171 Å². The van der Waals surface area contributed by atoms with E-state index in [2.05, 4.69) is 412 Å². The summed E-state index contributed by atoms with van der Waals surface area (Å²) in [6.45, 7) is 0. The van der Waals surface area contributed by atoms with E-state index in [0.717, 1.165) is 29.3 Å². The predicted octanol–water partition coefficient (Wildman–Crippen LogP) is 27.5. The third kappa shape index (κ3) is 13.2. The molecule has 3 aliphatic carbocycles. The second-order valence-electron chi connectivity index (χ2n) is 31.0. The van der Waals surface area contributed by atoms with Gasteiger partial charge in [-0.1, -0.05) is 344 Å². The Labute approximate surface area is 694 Å². The van der Waals surface area contributed by atoms with Crippen molar-refractivity contribution >= 4 is 93.9 Å². The molecule has 2 N–H and O–H groups in total. The molecule has 558 valence electrons. The summed E-state index contributed by atoms with van der Waals surface area (Å²) >= 11 is 3.63. The minimum atomic E-state index is -1.39. The van der Waals surface area contributed by atoms with Crippen LogP contribution in [-0.2, 0) is 19.3 Å². The summed E-state index contributed by atoms with van der Waals surface area (Å²) < 4.78 is 8.25. The third-order valence-electron chi connectivity index (χ3n) is 24.1. The Morgan fingerprint density at radius 1 is 0.195 bits per heavy atom. The summed E-state index contributed by atoms with van der Waals surface area (Å²) in [4.78, 5) is 0. The smallest absolute Gasteiger partial charge is 0.423 e. The highest BCUT2D eigenvalue weighted by Crippen LogP contribution is 2.45. The average molecular weight is 1580 g/mol. The first-order chi connectivity index (χ1) is 58.2. The molecule has 7 heteroatoms.